The van der Waals surface area contributed by atoms with Crippen molar-refractivity contribution in [3.63, 3.8) is 0 Å². The summed E-state index contributed by atoms with van der Waals surface area (Å²) in [5, 5.41) is 12.6. The van der Waals surface area contributed by atoms with E-state index >= 15 is 0 Å². The minimum atomic E-state index is -4.39. The van der Waals surface area contributed by atoms with Crippen LogP contribution < -0.4 is 10.2 Å². The van der Waals surface area contributed by atoms with Gasteiger partial charge in [-0.3, -0.25) is 9.69 Å². The first kappa shape index (κ1) is 21.4. The van der Waals surface area contributed by atoms with Gasteiger partial charge in [0.25, 0.3) is 0 Å². The molecule has 2 N–H and O–H groups in total. The number of carbonyl (C=O) groups is 1. The minimum absolute atomic E-state index is 0.344. The molecule has 0 bridgehead atoms. The van der Waals surface area contributed by atoms with Crippen LogP contribution in [0.4, 0.5) is 18.9 Å². The van der Waals surface area contributed by atoms with Crippen molar-refractivity contribution in [1.82, 2.24) is 10.2 Å². The summed E-state index contributed by atoms with van der Waals surface area (Å²) >= 11 is 0. The van der Waals surface area contributed by atoms with E-state index < -0.39 is 23.6 Å². The van der Waals surface area contributed by atoms with Gasteiger partial charge in [0.2, 0.25) is 0 Å². The van der Waals surface area contributed by atoms with Crippen molar-refractivity contribution in [1.29, 1.82) is 0 Å². The Morgan fingerprint density at radius 3 is 2.47 bits per heavy atom. The lowest BCUT2D eigenvalue weighted by Gasteiger charge is -2.35. The number of rotatable bonds is 4. The van der Waals surface area contributed by atoms with Gasteiger partial charge in [-0.1, -0.05) is 6.07 Å². The van der Waals surface area contributed by atoms with Crippen LogP contribution in [0.5, 0.6) is 0 Å². The molecular formula is C22H30F3N3O2. The number of anilines is 1. The van der Waals surface area contributed by atoms with Crippen molar-refractivity contribution in [3.8, 4) is 0 Å². The van der Waals surface area contributed by atoms with Gasteiger partial charge in [0.1, 0.15) is 0 Å². The van der Waals surface area contributed by atoms with Crippen molar-refractivity contribution in [2.24, 2.45) is 11.3 Å². The summed E-state index contributed by atoms with van der Waals surface area (Å²) in [6, 6.07) is 4.06. The molecule has 3 aliphatic heterocycles. The molecule has 0 radical (unpaired) electrons. The summed E-state index contributed by atoms with van der Waals surface area (Å²) in [7, 11) is 0. The zero-order valence-corrected chi connectivity index (χ0v) is 17.2. The number of nitrogens with zero attached hydrogens (tertiary/aromatic N) is 2. The topological polar surface area (TPSA) is 55.8 Å². The molecule has 3 aliphatic rings. The summed E-state index contributed by atoms with van der Waals surface area (Å²) in [4.78, 5) is 15.6. The highest BCUT2D eigenvalue weighted by Crippen LogP contribution is 2.40. The number of hydrogen-bond donors (Lipinski definition) is 2. The molecule has 0 amide bonds. The smallest absolute Gasteiger partial charge is 0.416 e. The maximum atomic E-state index is 13.4. The van der Waals surface area contributed by atoms with Crippen LogP contribution in [-0.4, -0.2) is 55.2 Å². The Kier molecular flexibility index (Phi) is 5.99. The van der Waals surface area contributed by atoms with Gasteiger partial charge in [-0.05, 0) is 74.8 Å². The summed E-state index contributed by atoms with van der Waals surface area (Å²) < 4.78 is 40.1. The lowest BCUT2D eigenvalue weighted by molar-refractivity contribution is -0.142. The van der Waals surface area contributed by atoms with Crippen LogP contribution in [0.1, 0.15) is 43.2 Å². The third-order valence-corrected chi connectivity index (χ3v) is 7.17. The molecule has 3 heterocycles. The van der Waals surface area contributed by atoms with E-state index in [9.17, 15) is 23.1 Å². The highest BCUT2D eigenvalue weighted by Gasteiger charge is 2.39. The van der Waals surface area contributed by atoms with E-state index in [1.54, 1.807) is 6.07 Å². The van der Waals surface area contributed by atoms with Crippen molar-refractivity contribution in [3.05, 3.63) is 29.3 Å². The first-order valence-corrected chi connectivity index (χ1v) is 10.9. The number of nitrogens with one attached hydrogen (secondary N) is 1. The molecule has 0 atom stereocenters. The van der Waals surface area contributed by atoms with E-state index in [-0.39, 0.29) is 0 Å². The number of hydrogen-bond acceptors (Lipinski definition) is 4. The predicted molar refractivity (Wildman–Crippen MR) is 108 cm³/mol. The number of benzene rings is 1. The molecule has 30 heavy (non-hydrogen) atoms. The second kappa shape index (κ2) is 8.38. The second-order valence-electron chi connectivity index (χ2n) is 9.15. The molecule has 1 aromatic carbocycles. The van der Waals surface area contributed by atoms with Gasteiger partial charge < -0.3 is 15.3 Å². The lowest BCUT2D eigenvalue weighted by Crippen LogP contribution is -2.39. The average Bonchev–Trinajstić information content (AvgIpc) is 3.09. The molecule has 0 aromatic heterocycles. The van der Waals surface area contributed by atoms with Crippen LogP contribution >= 0.6 is 0 Å². The zero-order chi connectivity index (χ0) is 21.4. The highest BCUT2D eigenvalue weighted by molar-refractivity contribution is 5.70. The first-order chi connectivity index (χ1) is 14.3. The summed E-state index contributed by atoms with van der Waals surface area (Å²) in [5.74, 6) is -1.22. The van der Waals surface area contributed by atoms with Crippen molar-refractivity contribution < 1.29 is 23.1 Å². The van der Waals surface area contributed by atoms with Crippen molar-refractivity contribution in [2.75, 3.05) is 44.2 Å². The molecule has 166 valence electrons. The third-order valence-electron chi connectivity index (χ3n) is 7.17. The van der Waals surface area contributed by atoms with E-state index in [2.05, 4.69) is 10.2 Å². The largest absolute Gasteiger partial charge is 0.481 e. The van der Waals surface area contributed by atoms with E-state index in [1.165, 1.54) is 12.1 Å². The summed E-state index contributed by atoms with van der Waals surface area (Å²) in [6.07, 6.45) is 0.00193. The molecule has 8 heteroatoms. The highest BCUT2D eigenvalue weighted by atomic mass is 19.4. The maximum absolute atomic E-state index is 13.4. The minimum Gasteiger partial charge on any atom is -0.481 e. The number of carboxylic acids is 1. The van der Waals surface area contributed by atoms with E-state index in [0.29, 0.717) is 43.6 Å². The Morgan fingerprint density at radius 2 is 1.83 bits per heavy atom. The number of aliphatic carboxylic acids is 1. The summed E-state index contributed by atoms with van der Waals surface area (Å²) in [6.45, 7) is 5.64. The molecule has 3 fully saturated rings. The SMILES string of the molecule is O=C(O)C1CCN(c2cc(C(F)(F)F)ccc2CN2CCC3(CCNCC3)C2)CC1. The number of alkyl halides is 3. The molecule has 1 spiro atoms. The van der Waals surface area contributed by atoms with E-state index in [1.807, 2.05) is 4.90 Å². The third kappa shape index (κ3) is 4.59. The van der Waals surface area contributed by atoms with E-state index in [0.717, 1.165) is 51.0 Å². The van der Waals surface area contributed by atoms with Gasteiger partial charge in [-0.25, -0.2) is 0 Å². The molecule has 3 saturated heterocycles. The Hall–Kier alpha value is -1.80. The number of halogens is 3. The second-order valence-corrected chi connectivity index (χ2v) is 9.15. The van der Waals surface area contributed by atoms with Gasteiger partial charge in [0, 0.05) is 31.9 Å². The van der Waals surface area contributed by atoms with Crippen LogP contribution in [-0.2, 0) is 17.5 Å². The molecule has 0 aliphatic carbocycles. The summed E-state index contributed by atoms with van der Waals surface area (Å²) in [5.41, 5.74) is 1.22. The Balaban J connectivity index is 1.53. The normalized spacial score (nSPS) is 23.2. The molecule has 4 rings (SSSR count). The van der Waals surface area contributed by atoms with Crippen LogP contribution in [0.15, 0.2) is 18.2 Å². The zero-order valence-electron chi connectivity index (χ0n) is 17.2. The van der Waals surface area contributed by atoms with Gasteiger partial charge in [-0.15, -0.1) is 0 Å². The first-order valence-electron chi connectivity index (χ1n) is 10.9. The molecule has 1 aromatic rings. The molecular weight excluding hydrogens is 395 g/mol. The molecule has 0 saturated carbocycles. The van der Waals surface area contributed by atoms with Gasteiger partial charge in [-0.2, -0.15) is 13.2 Å². The van der Waals surface area contributed by atoms with Crippen molar-refractivity contribution >= 4 is 11.7 Å². The number of piperidine rings is 2. The Morgan fingerprint density at radius 1 is 1.13 bits per heavy atom. The molecule has 5 nitrogen and oxygen atoms in total. The maximum Gasteiger partial charge on any atom is 0.416 e. The molecule has 0 unspecified atom stereocenters. The van der Waals surface area contributed by atoms with Crippen LogP contribution in [0, 0.1) is 11.3 Å². The van der Waals surface area contributed by atoms with Crippen LogP contribution in [0.25, 0.3) is 0 Å². The van der Waals surface area contributed by atoms with Gasteiger partial charge in [0.05, 0.1) is 11.5 Å². The average molecular weight is 425 g/mol. The van der Waals surface area contributed by atoms with Gasteiger partial charge >= 0.3 is 12.1 Å². The van der Waals surface area contributed by atoms with Crippen LogP contribution in [0.3, 0.4) is 0 Å². The Labute approximate surface area is 175 Å². The fraction of sp³-hybridized carbons (Fsp3) is 0.682. The van der Waals surface area contributed by atoms with E-state index in [4.69, 9.17) is 0 Å². The Bertz CT molecular complexity index is 769. The van der Waals surface area contributed by atoms with Crippen LogP contribution in [0.2, 0.25) is 0 Å². The fourth-order valence-electron chi connectivity index (χ4n) is 5.30. The van der Waals surface area contributed by atoms with Crippen molar-refractivity contribution in [2.45, 2.75) is 44.8 Å². The monoisotopic (exact) mass is 425 g/mol. The lowest BCUT2D eigenvalue weighted by atomic mass is 9.78. The van der Waals surface area contributed by atoms with Gasteiger partial charge in [0.15, 0.2) is 0 Å². The predicted octanol–water partition coefficient (Wildman–Crippen LogP) is 3.58. The number of carboxylic acid groups (broad SMARTS) is 1. The number of likely N-dealkylation sites (tertiary alicyclic amines) is 1. The fourth-order valence-corrected chi connectivity index (χ4v) is 5.30. The standard InChI is InChI=1S/C22H30F3N3O2/c23-22(24,25)18-2-1-17(14-27-12-7-21(15-27)5-8-26-9-6-21)19(13-18)28-10-3-16(4-11-28)20(29)30/h1-2,13,16,26H,3-12,14-15H2,(H,29,30). The quantitative estimate of drug-likeness (QED) is 0.772.